The average molecular weight is 417 g/mol. The number of rotatable bonds is 7. The zero-order valence-electron chi connectivity index (χ0n) is 16.8. The van der Waals surface area contributed by atoms with Crippen molar-refractivity contribution < 1.29 is 13.9 Å². The van der Waals surface area contributed by atoms with Crippen LogP contribution in [0.3, 0.4) is 0 Å². The van der Waals surface area contributed by atoms with E-state index < -0.39 is 5.91 Å². The quantitative estimate of drug-likeness (QED) is 0.472. The lowest BCUT2D eigenvalue weighted by atomic mass is 10.1. The minimum atomic E-state index is -0.466. The Morgan fingerprint density at radius 2 is 1.74 bits per heavy atom. The number of halogens is 1. The van der Waals surface area contributed by atoms with Crippen molar-refractivity contribution in [1.29, 1.82) is 0 Å². The minimum Gasteiger partial charge on any atom is -0.476 e. The Morgan fingerprint density at radius 3 is 2.42 bits per heavy atom. The molecular weight excluding hydrogens is 397 g/mol. The van der Waals surface area contributed by atoms with Crippen LogP contribution in [-0.2, 0) is 6.54 Å². The van der Waals surface area contributed by atoms with E-state index in [9.17, 15) is 9.18 Å². The van der Waals surface area contributed by atoms with E-state index in [1.807, 2.05) is 31.2 Å². The van der Waals surface area contributed by atoms with Gasteiger partial charge in [0.05, 0.1) is 17.8 Å². The van der Waals surface area contributed by atoms with Crippen molar-refractivity contribution in [2.24, 2.45) is 5.73 Å². The van der Waals surface area contributed by atoms with Crippen LogP contribution in [0.15, 0.2) is 60.7 Å². The van der Waals surface area contributed by atoms with Gasteiger partial charge in [-0.2, -0.15) is 4.98 Å². The molecule has 0 aliphatic heterocycles. The summed E-state index contributed by atoms with van der Waals surface area (Å²) in [7, 11) is 0. The van der Waals surface area contributed by atoms with Crippen molar-refractivity contribution >= 4 is 22.9 Å². The number of benzene rings is 2. The van der Waals surface area contributed by atoms with Crippen LogP contribution in [-0.4, -0.2) is 27.5 Å². The van der Waals surface area contributed by atoms with E-state index in [0.717, 1.165) is 11.1 Å². The van der Waals surface area contributed by atoms with Gasteiger partial charge >= 0.3 is 0 Å². The normalized spacial score (nSPS) is 10.8. The van der Waals surface area contributed by atoms with Gasteiger partial charge in [-0.3, -0.25) is 4.79 Å². The van der Waals surface area contributed by atoms with Crippen molar-refractivity contribution in [2.75, 3.05) is 11.9 Å². The molecular formula is C23H20FN5O2. The maximum absolute atomic E-state index is 13.2. The number of hydrogen-bond donors (Lipinski definition) is 2. The number of carbonyl (C=O) groups excluding carboxylic acids is 1. The standard InChI is InChI=1S/C23H20FN5O2/c1-2-31-22-20-19(12-11-18(27-20)15-7-9-17(24)10-8-15)28-23(29-22)26-13-14-3-5-16(6-4-14)21(25)30/h3-12H,2,13H2,1H3,(H2,25,30)(H,26,28,29). The van der Waals surface area contributed by atoms with Gasteiger partial charge < -0.3 is 15.8 Å². The number of carbonyl (C=O) groups is 1. The first kappa shape index (κ1) is 20.2. The Hall–Kier alpha value is -4.07. The molecule has 2 heterocycles. The number of anilines is 1. The molecule has 8 heteroatoms. The molecule has 3 N–H and O–H groups in total. The summed E-state index contributed by atoms with van der Waals surface area (Å²) < 4.78 is 18.9. The van der Waals surface area contributed by atoms with Gasteiger partial charge in [0, 0.05) is 17.7 Å². The summed E-state index contributed by atoms with van der Waals surface area (Å²) in [6.45, 7) is 2.74. The molecule has 2 aromatic heterocycles. The van der Waals surface area contributed by atoms with E-state index in [-0.39, 0.29) is 5.82 Å². The van der Waals surface area contributed by atoms with Crippen molar-refractivity contribution in [3.8, 4) is 17.1 Å². The highest BCUT2D eigenvalue weighted by molar-refractivity contribution is 5.92. The second kappa shape index (κ2) is 8.74. The van der Waals surface area contributed by atoms with Gasteiger partial charge in [-0.25, -0.2) is 14.4 Å². The van der Waals surface area contributed by atoms with E-state index in [4.69, 9.17) is 10.5 Å². The first-order chi connectivity index (χ1) is 15.0. The topological polar surface area (TPSA) is 103 Å². The Kier molecular flexibility index (Phi) is 5.70. The molecule has 156 valence electrons. The van der Waals surface area contributed by atoms with Crippen LogP contribution in [0, 0.1) is 5.82 Å². The molecule has 0 aliphatic rings. The fourth-order valence-corrected chi connectivity index (χ4v) is 3.05. The van der Waals surface area contributed by atoms with E-state index >= 15 is 0 Å². The fraction of sp³-hybridized carbons (Fsp3) is 0.130. The van der Waals surface area contributed by atoms with Gasteiger partial charge in [-0.1, -0.05) is 12.1 Å². The van der Waals surface area contributed by atoms with Gasteiger partial charge in [0.15, 0.2) is 5.52 Å². The van der Waals surface area contributed by atoms with Crippen molar-refractivity contribution in [2.45, 2.75) is 13.5 Å². The molecule has 4 aromatic rings. The van der Waals surface area contributed by atoms with Gasteiger partial charge in [0.25, 0.3) is 0 Å². The molecule has 7 nitrogen and oxygen atoms in total. The van der Waals surface area contributed by atoms with Gasteiger partial charge in [0.1, 0.15) is 5.82 Å². The van der Waals surface area contributed by atoms with E-state index in [0.29, 0.717) is 47.3 Å². The molecule has 0 fully saturated rings. The number of hydrogen-bond acceptors (Lipinski definition) is 6. The zero-order chi connectivity index (χ0) is 21.8. The zero-order valence-corrected chi connectivity index (χ0v) is 16.8. The van der Waals surface area contributed by atoms with Gasteiger partial charge in [0.2, 0.25) is 17.7 Å². The summed E-state index contributed by atoms with van der Waals surface area (Å²) in [4.78, 5) is 24.8. The highest BCUT2D eigenvalue weighted by atomic mass is 19.1. The van der Waals surface area contributed by atoms with Gasteiger partial charge in [-0.05, 0) is 61.0 Å². The lowest BCUT2D eigenvalue weighted by Gasteiger charge is -2.11. The Labute approximate surface area is 178 Å². The SMILES string of the molecule is CCOc1nc(NCc2ccc(C(N)=O)cc2)nc2ccc(-c3ccc(F)cc3)nc12. The number of ether oxygens (including phenoxy) is 1. The first-order valence-corrected chi connectivity index (χ1v) is 9.73. The second-order valence-electron chi connectivity index (χ2n) is 6.77. The lowest BCUT2D eigenvalue weighted by molar-refractivity contribution is 0.100. The summed E-state index contributed by atoms with van der Waals surface area (Å²) in [5, 5.41) is 3.17. The summed E-state index contributed by atoms with van der Waals surface area (Å²) in [5.41, 5.74) is 9.27. The summed E-state index contributed by atoms with van der Waals surface area (Å²) in [6, 6.07) is 16.8. The number of nitrogens with two attached hydrogens (primary N) is 1. The third-order valence-electron chi connectivity index (χ3n) is 4.62. The number of aromatic nitrogens is 3. The highest BCUT2D eigenvalue weighted by Gasteiger charge is 2.12. The van der Waals surface area contributed by atoms with Crippen molar-refractivity contribution in [3.63, 3.8) is 0 Å². The number of nitrogens with one attached hydrogen (secondary N) is 1. The van der Waals surface area contributed by atoms with Crippen LogP contribution in [0.4, 0.5) is 10.3 Å². The summed E-state index contributed by atoms with van der Waals surface area (Å²) >= 11 is 0. The minimum absolute atomic E-state index is 0.303. The lowest BCUT2D eigenvalue weighted by Crippen LogP contribution is -2.11. The van der Waals surface area contributed by atoms with Crippen LogP contribution >= 0.6 is 0 Å². The number of fused-ring (bicyclic) bond motifs is 1. The smallest absolute Gasteiger partial charge is 0.248 e. The number of nitrogens with zero attached hydrogens (tertiary/aromatic N) is 3. The predicted octanol–water partition coefficient (Wildman–Crippen LogP) is 3.94. The van der Waals surface area contributed by atoms with Gasteiger partial charge in [-0.15, -0.1) is 0 Å². The largest absolute Gasteiger partial charge is 0.476 e. The Balaban J connectivity index is 1.62. The molecule has 1 amide bonds. The molecule has 0 spiro atoms. The number of amides is 1. The maximum atomic E-state index is 13.2. The van der Waals surface area contributed by atoms with Crippen LogP contribution < -0.4 is 15.8 Å². The van der Waals surface area contributed by atoms with Crippen LogP contribution in [0.5, 0.6) is 5.88 Å². The summed E-state index contributed by atoms with van der Waals surface area (Å²) in [5.74, 6) is -0.0107. The molecule has 0 saturated carbocycles. The molecule has 0 radical (unpaired) electrons. The monoisotopic (exact) mass is 417 g/mol. The first-order valence-electron chi connectivity index (χ1n) is 9.73. The average Bonchev–Trinajstić information content (AvgIpc) is 2.78. The van der Waals surface area contributed by atoms with Crippen molar-refractivity contribution in [1.82, 2.24) is 15.0 Å². The third-order valence-corrected chi connectivity index (χ3v) is 4.62. The summed E-state index contributed by atoms with van der Waals surface area (Å²) in [6.07, 6.45) is 0. The fourth-order valence-electron chi connectivity index (χ4n) is 3.05. The third kappa shape index (κ3) is 4.58. The Morgan fingerprint density at radius 1 is 1.00 bits per heavy atom. The predicted molar refractivity (Wildman–Crippen MR) is 116 cm³/mol. The van der Waals surface area contributed by atoms with Crippen LogP contribution in [0.25, 0.3) is 22.3 Å². The maximum Gasteiger partial charge on any atom is 0.248 e. The molecule has 0 unspecified atom stereocenters. The molecule has 0 bridgehead atoms. The molecule has 31 heavy (non-hydrogen) atoms. The van der Waals surface area contributed by atoms with E-state index in [1.54, 1.807) is 24.3 Å². The number of primary amides is 1. The Bertz CT molecular complexity index is 1230. The van der Waals surface area contributed by atoms with Crippen LogP contribution in [0.1, 0.15) is 22.8 Å². The molecule has 0 atom stereocenters. The molecule has 0 saturated heterocycles. The van der Waals surface area contributed by atoms with E-state index in [1.165, 1.54) is 12.1 Å². The van der Waals surface area contributed by atoms with Crippen LogP contribution in [0.2, 0.25) is 0 Å². The molecule has 2 aromatic carbocycles. The molecule has 4 rings (SSSR count). The number of pyridine rings is 1. The highest BCUT2D eigenvalue weighted by Crippen LogP contribution is 2.26. The van der Waals surface area contributed by atoms with Crippen molar-refractivity contribution in [3.05, 3.63) is 77.6 Å². The van der Waals surface area contributed by atoms with E-state index in [2.05, 4.69) is 20.3 Å². The second-order valence-corrected chi connectivity index (χ2v) is 6.77. The molecule has 0 aliphatic carbocycles.